The van der Waals surface area contributed by atoms with Crippen molar-refractivity contribution in [2.75, 3.05) is 14.2 Å². The van der Waals surface area contributed by atoms with E-state index in [9.17, 15) is 4.79 Å². The maximum atomic E-state index is 13.0. The summed E-state index contributed by atoms with van der Waals surface area (Å²) >= 11 is 5.97. The first-order valence-electron chi connectivity index (χ1n) is 10.0. The molecule has 1 aliphatic rings. The molecule has 1 amide bonds. The van der Waals surface area contributed by atoms with Gasteiger partial charge in [0.2, 0.25) is 0 Å². The van der Waals surface area contributed by atoms with Crippen LogP contribution in [0, 0.1) is 0 Å². The normalized spacial score (nSPS) is 15.1. The number of carbonyl (C=O) groups is 1. The van der Waals surface area contributed by atoms with Gasteiger partial charge in [-0.15, -0.1) is 0 Å². The van der Waals surface area contributed by atoms with Crippen LogP contribution in [0.4, 0.5) is 11.4 Å². The number of benzene rings is 3. The van der Waals surface area contributed by atoms with Gasteiger partial charge < -0.3 is 14.8 Å². The number of nitrogens with zero attached hydrogens (tertiary/aromatic N) is 2. The van der Waals surface area contributed by atoms with E-state index in [2.05, 4.69) is 5.32 Å². The number of para-hydroxylation sites is 2. The van der Waals surface area contributed by atoms with Crippen LogP contribution in [0.2, 0.25) is 5.02 Å². The van der Waals surface area contributed by atoms with Gasteiger partial charge in [-0.05, 0) is 61.0 Å². The fraction of sp³-hybridized carbons (Fsp3) is 0.160. The fourth-order valence-corrected chi connectivity index (χ4v) is 3.75. The highest BCUT2D eigenvalue weighted by Gasteiger charge is 2.27. The predicted molar refractivity (Wildman–Crippen MR) is 128 cm³/mol. The number of amidine groups is 1. The highest BCUT2D eigenvalue weighted by Crippen LogP contribution is 2.37. The minimum Gasteiger partial charge on any atom is -0.493 e. The second kappa shape index (κ2) is 9.24. The summed E-state index contributed by atoms with van der Waals surface area (Å²) in [7, 11) is 3.18. The molecule has 162 valence electrons. The summed E-state index contributed by atoms with van der Waals surface area (Å²) in [6.45, 7) is 1.92. The third kappa shape index (κ3) is 4.36. The number of methoxy groups -OCH3 is 2. The molecule has 4 rings (SSSR count). The van der Waals surface area contributed by atoms with Crippen LogP contribution >= 0.6 is 11.6 Å². The number of halogens is 1. The van der Waals surface area contributed by atoms with Gasteiger partial charge in [0.15, 0.2) is 11.5 Å². The molecule has 0 saturated heterocycles. The Morgan fingerprint density at radius 1 is 0.906 bits per heavy atom. The molecular weight excluding hydrogens is 426 g/mol. The molecule has 32 heavy (non-hydrogen) atoms. The Hall–Kier alpha value is -3.64. The van der Waals surface area contributed by atoms with Crippen LogP contribution < -0.4 is 14.8 Å². The topological polar surface area (TPSA) is 72.3 Å². The molecule has 6 nitrogen and oxygen atoms in total. The molecule has 0 aliphatic carbocycles. The third-order valence-corrected chi connectivity index (χ3v) is 5.45. The van der Waals surface area contributed by atoms with Gasteiger partial charge >= 0.3 is 0 Å². The lowest BCUT2D eigenvalue weighted by Gasteiger charge is -2.20. The van der Waals surface area contributed by atoms with Crippen molar-refractivity contribution in [1.82, 2.24) is 5.32 Å². The van der Waals surface area contributed by atoms with E-state index in [-0.39, 0.29) is 5.91 Å². The molecule has 0 spiro atoms. The summed E-state index contributed by atoms with van der Waals surface area (Å²) in [4.78, 5) is 22.6. The first-order chi connectivity index (χ1) is 15.5. The van der Waals surface area contributed by atoms with Gasteiger partial charge in [0, 0.05) is 16.3 Å². The quantitative estimate of drug-likeness (QED) is 0.557. The third-order valence-electron chi connectivity index (χ3n) is 5.20. The van der Waals surface area contributed by atoms with E-state index in [1.165, 1.54) is 0 Å². The van der Waals surface area contributed by atoms with Crippen molar-refractivity contribution in [2.24, 2.45) is 9.98 Å². The molecule has 3 aromatic rings. The van der Waals surface area contributed by atoms with Crippen molar-refractivity contribution in [3.8, 4) is 11.5 Å². The standard InChI is InChI=1S/C25H22ClN3O3/c1-15-23(17-10-13-21(31-2)22(14-17)32-3)24(28-20-7-5-4-6-19(20)27-15)29-25(30)16-8-11-18(26)12-9-16/h4-14,23H,1-3H3,(H,28,29,30)/t23-/m0/s1. The molecule has 0 unspecified atom stereocenters. The van der Waals surface area contributed by atoms with Crippen LogP contribution in [-0.4, -0.2) is 31.7 Å². The Morgan fingerprint density at radius 2 is 1.56 bits per heavy atom. The molecule has 7 heteroatoms. The van der Waals surface area contributed by atoms with E-state index in [0.717, 1.165) is 17.0 Å². The van der Waals surface area contributed by atoms with Crippen molar-refractivity contribution in [3.63, 3.8) is 0 Å². The zero-order valence-corrected chi connectivity index (χ0v) is 18.7. The maximum absolute atomic E-state index is 13.0. The highest BCUT2D eigenvalue weighted by atomic mass is 35.5. The van der Waals surface area contributed by atoms with Crippen molar-refractivity contribution in [3.05, 3.63) is 82.9 Å². The van der Waals surface area contributed by atoms with Crippen LogP contribution in [0.3, 0.4) is 0 Å². The van der Waals surface area contributed by atoms with Crippen LogP contribution in [0.25, 0.3) is 0 Å². The first kappa shape index (κ1) is 21.6. The Labute approximate surface area is 191 Å². The van der Waals surface area contributed by atoms with Gasteiger partial charge in [-0.2, -0.15) is 0 Å². The number of carbonyl (C=O) groups excluding carboxylic acids is 1. The number of fused-ring (bicyclic) bond motifs is 1. The Kier molecular flexibility index (Phi) is 6.23. The minimum absolute atomic E-state index is 0.280. The van der Waals surface area contributed by atoms with Gasteiger partial charge in [0.05, 0.1) is 31.5 Å². The fourth-order valence-electron chi connectivity index (χ4n) is 3.62. The van der Waals surface area contributed by atoms with E-state index in [1.54, 1.807) is 38.5 Å². The number of hydrogen-bond acceptors (Lipinski definition) is 5. The van der Waals surface area contributed by atoms with E-state index >= 15 is 0 Å². The second-order valence-electron chi connectivity index (χ2n) is 7.25. The van der Waals surface area contributed by atoms with Crippen LogP contribution in [0.15, 0.2) is 76.7 Å². The smallest absolute Gasteiger partial charge is 0.256 e. The lowest BCUT2D eigenvalue weighted by atomic mass is 9.92. The Bertz CT molecular complexity index is 1220. The SMILES string of the molecule is COc1ccc([C@@H]2C(C)=Nc3ccccc3N=C2NC(=O)c2ccc(Cl)cc2)cc1OC. The number of nitrogens with one attached hydrogen (secondary N) is 1. The summed E-state index contributed by atoms with van der Waals surface area (Å²) in [5.41, 5.74) is 3.56. The van der Waals surface area contributed by atoms with Crippen molar-refractivity contribution in [2.45, 2.75) is 12.8 Å². The number of hydrogen-bond donors (Lipinski definition) is 1. The predicted octanol–water partition coefficient (Wildman–Crippen LogP) is 5.71. The van der Waals surface area contributed by atoms with E-state index < -0.39 is 5.92 Å². The molecule has 0 aromatic heterocycles. The zero-order valence-electron chi connectivity index (χ0n) is 17.9. The van der Waals surface area contributed by atoms with E-state index in [4.69, 9.17) is 31.1 Å². The lowest BCUT2D eigenvalue weighted by Crippen LogP contribution is -2.37. The average molecular weight is 448 g/mol. The molecule has 0 bridgehead atoms. The molecular formula is C25H22ClN3O3. The Morgan fingerprint density at radius 3 is 2.22 bits per heavy atom. The Balaban J connectivity index is 1.80. The van der Waals surface area contributed by atoms with Gasteiger partial charge in [-0.1, -0.05) is 29.8 Å². The van der Waals surface area contributed by atoms with Crippen molar-refractivity contribution < 1.29 is 14.3 Å². The van der Waals surface area contributed by atoms with E-state index in [1.807, 2.05) is 49.4 Å². The largest absolute Gasteiger partial charge is 0.493 e. The van der Waals surface area contributed by atoms with Crippen molar-refractivity contribution >= 4 is 40.4 Å². The van der Waals surface area contributed by atoms with Crippen LogP contribution in [0.1, 0.15) is 28.8 Å². The zero-order chi connectivity index (χ0) is 22.7. The number of aliphatic imine (C=N–C) groups is 2. The summed E-state index contributed by atoms with van der Waals surface area (Å²) in [6, 6.07) is 19.9. The summed E-state index contributed by atoms with van der Waals surface area (Å²) < 4.78 is 10.9. The monoisotopic (exact) mass is 447 g/mol. The van der Waals surface area contributed by atoms with Crippen molar-refractivity contribution in [1.29, 1.82) is 0 Å². The number of ether oxygens (including phenoxy) is 2. The number of amides is 1. The molecule has 1 heterocycles. The molecule has 1 N–H and O–H groups in total. The average Bonchev–Trinajstić information content (AvgIpc) is 2.94. The van der Waals surface area contributed by atoms with Gasteiger partial charge in [-0.3, -0.25) is 9.79 Å². The van der Waals surface area contributed by atoms with Crippen LogP contribution in [-0.2, 0) is 0 Å². The maximum Gasteiger partial charge on any atom is 0.256 e. The van der Waals surface area contributed by atoms with Crippen LogP contribution in [0.5, 0.6) is 11.5 Å². The molecule has 1 atom stereocenters. The summed E-state index contributed by atoms with van der Waals surface area (Å²) in [6.07, 6.45) is 0. The van der Waals surface area contributed by atoms with E-state index in [0.29, 0.717) is 33.6 Å². The molecule has 0 fully saturated rings. The molecule has 0 radical (unpaired) electrons. The molecule has 0 saturated carbocycles. The summed E-state index contributed by atoms with van der Waals surface area (Å²) in [5.74, 6) is 1.01. The van der Waals surface area contributed by atoms with Gasteiger partial charge in [-0.25, -0.2) is 4.99 Å². The first-order valence-corrected chi connectivity index (χ1v) is 10.4. The van der Waals surface area contributed by atoms with Gasteiger partial charge in [0.25, 0.3) is 5.91 Å². The lowest BCUT2D eigenvalue weighted by molar-refractivity contribution is 0.0976. The second-order valence-corrected chi connectivity index (χ2v) is 7.68. The minimum atomic E-state index is -0.390. The summed E-state index contributed by atoms with van der Waals surface area (Å²) in [5, 5.41) is 3.56. The highest BCUT2D eigenvalue weighted by molar-refractivity contribution is 6.30. The molecule has 3 aromatic carbocycles. The molecule has 1 aliphatic heterocycles. The van der Waals surface area contributed by atoms with Gasteiger partial charge in [0.1, 0.15) is 5.84 Å². The number of rotatable bonds is 4.